The predicted octanol–water partition coefficient (Wildman–Crippen LogP) is 3.05. The highest BCUT2D eigenvalue weighted by molar-refractivity contribution is 7.89. The van der Waals surface area contributed by atoms with E-state index < -0.39 is 10.0 Å². The summed E-state index contributed by atoms with van der Waals surface area (Å²) in [4.78, 5) is 16.8. The van der Waals surface area contributed by atoms with Crippen LogP contribution in [-0.2, 0) is 21.4 Å². The second-order valence-corrected chi connectivity index (χ2v) is 10.4. The Morgan fingerprint density at radius 2 is 1.93 bits per heavy atom. The van der Waals surface area contributed by atoms with Gasteiger partial charge < -0.3 is 5.32 Å². The highest BCUT2D eigenvalue weighted by Gasteiger charge is 2.32. The summed E-state index contributed by atoms with van der Waals surface area (Å²) in [6, 6.07) is 7.14. The van der Waals surface area contributed by atoms with Crippen molar-refractivity contribution < 1.29 is 13.2 Å². The van der Waals surface area contributed by atoms with Crippen LogP contribution in [0.4, 0.5) is 0 Å². The van der Waals surface area contributed by atoms with Gasteiger partial charge in [-0.2, -0.15) is 4.31 Å². The molecule has 1 aromatic heterocycles. The number of rotatable bonds is 6. The van der Waals surface area contributed by atoms with Crippen LogP contribution in [0.5, 0.6) is 0 Å². The fraction of sp³-hybridized carbons (Fsp3) is 0.500. The zero-order valence-corrected chi connectivity index (χ0v) is 17.6. The number of thiazole rings is 1. The maximum absolute atomic E-state index is 12.9. The Balaban J connectivity index is 1.35. The summed E-state index contributed by atoms with van der Waals surface area (Å²) in [5, 5.41) is 5.99. The van der Waals surface area contributed by atoms with Crippen molar-refractivity contribution in [2.24, 2.45) is 5.92 Å². The highest BCUT2D eigenvalue weighted by Crippen LogP contribution is 2.33. The fourth-order valence-corrected chi connectivity index (χ4v) is 6.27. The third-order valence-corrected chi connectivity index (χ3v) is 8.59. The van der Waals surface area contributed by atoms with Crippen molar-refractivity contribution in [3.05, 3.63) is 45.9 Å². The maximum Gasteiger partial charge on any atom is 0.243 e. The molecule has 8 heteroatoms. The zero-order chi connectivity index (χ0) is 19.7. The molecule has 0 bridgehead atoms. The van der Waals surface area contributed by atoms with Crippen LogP contribution in [0.15, 0.2) is 34.5 Å². The van der Waals surface area contributed by atoms with E-state index in [0.717, 1.165) is 41.9 Å². The summed E-state index contributed by atoms with van der Waals surface area (Å²) in [5.41, 5.74) is 1.67. The van der Waals surface area contributed by atoms with E-state index in [1.807, 2.05) is 24.4 Å². The zero-order valence-electron chi connectivity index (χ0n) is 15.9. The molecule has 0 spiro atoms. The summed E-state index contributed by atoms with van der Waals surface area (Å²) in [6.45, 7) is 3.33. The van der Waals surface area contributed by atoms with Crippen LogP contribution in [0.1, 0.15) is 47.9 Å². The first kappa shape index (κ1) is 19.5. The first-order chi connectivity index (χ1) is 13.4. The first-order valence-electron chi connectivity index (χ1n) is 9.73. The van der Waals surface area contributed by atoms with Crippen LogP contribution in [0.2, 0.25) is 0 Å². The topological polar surface area (TPSA) is 79.4 Å². The van der Waals surface area contributed by atoms with E-state index in [0.29, 0.717) is 24.5 Å². The Morgan fingerprint density at radius 1 is 1.21 bits per heavy atom. The Kier molecular flexibility index (Phi) is 5.53. The largest absolute Gasteiger partial charge is 0.350 e. The fourth-order valence-electron chi connectivity index (χ4n) is 3.59. The van der Waals surface area contributed by atoms with Gasteiger partial charge in [-0.25, -0.2) is 13.4 Å². The average molecular weight is 420 g/mol. The number of piperidine rings is 1. The van der Waals surface area contributed by atoms with Crippen molar-refractivity contribution >= 4 is 27.3 Å². The van der Waals surface area contributed by atoms with Crippen molar-refractivity contribution in [1.82, 2.24) is 14.6 Å². The third kappa shape index (κ3) is 4.14. The summed E-state index contributed by atoms with van der Waals surface area (Å²) in [6.07, 6.45) is 3.54. The van der Waals surface area contributed by atoms with Gasteiger partial charge in [-0.3, -0.25) is 4.79 Å². The molecule has 6 nitrogen and oxygen atoms in total. The summed E-state index contributed by atoms with van der Waals surface area (Å²) >= 11 is 1.61. The second-order valence-electron chi connectivity index (χ2n) is 7.61. The number of benzene rings is 1. The van der Waals surface area contributed by atoms with E-state index in [1.54, 1.807) is 27.8 Å². The molecular weight excluding hydrogens is 394 g/mol. The van der Waals surface area contributed by atoms with Gasteiger partial charge in [0.05, 0.1) is 22.1 Å². The van der Waals surface area contributed by atoms with Gasteiger partial charge >= 0.3 is 0 Å². The second kappa shape index (κ2) is 7.93. The monoisotopic (exact) mass is 419 g/mol. The lowest BCUT2D eigenvalue weighted by molar-refractivity contribution is -0.122. The van der Waals surface area contributed by atoms with Crippen LogP contribution in [0.3, 0.4) is 0 Å². The molecule has 4 rings (SSSR count). The number of hydrogen-bond donors (Lipinski definition) is 1. The quantitative estimate of drug-likeness (QED) is 0.780. The Bertz CT molecular complexity index is 959. The molecule has 1 aliphatic carbocycles. The van der Waals surface area contributed by atoms with Gasteiger partial charge in [-0.05, 0) is 44.2 Å². The van der Waals surface area contributed by atoms with Gasteiger partial charge in [0.15, 0.2) is 0 Å². The summed E-state index contributed by atoms with van der Waals surface area (Å²) in [5.74, 6) is 0.614. The lowest BCUT2D eigenvalue weighted by Gasteiger charge is -2.30. The van der Waals surface area contributed by atoms with Gasteiger partial charge in [0.1, 0.15) is 0 Å². The predicted molar refractivity (Wildman–Crippen MR) is 109 cm³/mol. The van der Waals surface area contributed by atoms with Gasteiger partial charge in [0.25, 0.3) is 0 Å². The van der Waals surface area contributed by atoms with E-state index >= 15 is 0 Å². The minimum atomic E-state index is -3.44. The molecule has 1 N–H and O–H groups in total. The standard InChI is InChI=1S/C20H25N3O3S2/c1-14-4-2-3-5-18(14)28(25,26)23-10-8-16(9-11-23)20-22-17(13-27-20)12-21-19(24)15-6-7-15/h2-5,13,15-16H,6-12H2,1H3,(H,21,24). The number of carbonyl (C=O) groups is 1. The Morgan fingerprint density at radius 3 is 2.61 bits per heavy atom. The maximum atomic E-state index is 12.9. The molecule has 2 fully saturated rings. The van der Waals surface area contributed by atoms with Crippen molar-refractivity contribution in [3.8, 4) is 0 Å². The number of hydrogen-bond acceptors (Lipinski definition) is 5. The number of aromatic nitrogens is 1. The molecule has 0 radical (unpaired) electrons. The molecule has 2 heterocycles. The van der Waals surface area contributed by atoms with Crippen molar-refractivity contribution in [1.29, 1.82) is 0 Å². The van der Waals surface area contributed by atoms with Gasteiger partial charge in [0, 0.05) is 30.3 Å². The van der Waals surface area contributed by atoms with Gasteiger partial charge in [-0.15, -0.1) is 11.3 Å². The molecule has 1 saturated carbocycles. The number of nitrogens with zero attached hydrogens (tertiary/aromatic N) is 2. The van der Waals surface area contributed by atoms with Crippen LogP contribution in [0.25, 0.3) is 0 Å². The number of aryl methyl sites for hydroxylation is 1. The van der Waals surface area contributed by atoms with E-state index in [9.17, 15) is 13.2 Å². The van der Waals surface area contributed by atoms with Crippen LogP contribution >= 0.6 is 11.3 Å². The molecule has 1 aliphatic heterocycles. The minimum Gasteiger partial charge on any atom is -0.350 e. The number of nitrogens with one attached hydrogen (secondary N) is 1. The number of sulfonamides is 1. The first-order valence-corrected chi connectivity index (χ1v) is 12.0. The van der Waals surface area contributed by atoms with E-state index in [-0.39, 0.29) is 17.7 Å². The molecule has 2 aliphatic rings. The summed E-state index contributed by atoms with van der Waals surface area (Å²) in [7, 11) is -3.44. The average Bonchev–Trinajstić information content (AvgIpc) is 3.44. The van der Waals surface area contributed by atoms with Crippen LogP contribution in [0, 0.1) is 12.8 Å². The molecule has 1 amide bonds. The SMILES string of the molecule is Cc1ccccc1S(=O)(=O)N1CCC(c2nc(CNC(=O)C3CC3)cs2)CC1. The molecule has 0 unspecified atom stereocenters. The molecule has 28 heavy (non-hydrogen) atoms. The van der Waals surface area contributed by atoms with E-state index in [4.69, 9.17) is 0 Å². The molecule has 2 aromatic rings. The molecule has 1 saturated heterocycles. The van der Waals surface area contributed by atoms with Crippen molar-refractivity contribution in [2.75, 3.05) is 13.1 Å². The normalized spacial score (nSPS) is 18.9. The third-order valence-electron chi connectivity index (χ3n) is 5.48. The molecular formula is C20H25N3O3S2. The number of amides is 1. The molecule has 1 aromatic carbocycles. The molecule has 0 atom stereocenters. The van der Waals surface area contributed by atoms with Gasteiger partial charge in [-0.1, -0.05) is 18.2 Å². The lowest BCUT2D eigenvalue weighted by atomic mass is 9.99. The van der Waals surface area contributed by atoms with Crippen LogP contribution < -0.4 is 5.32 Å². The lowest BCUT2D eigenvalue weighted by Crippen LogP contribution is -2.38. The van der Waals surface area contributed by atoms with E-state index in [2.05, 4.69) is 10.3 Å². The summed E-state index contributed by atoms with van der Waals surface area (Å²) < 4.78 is 27.5. The van der Waals surface area contributed by atoms with Crippen LogP contribution in [-0.4, -0.2) is 36.7 Å². The molecule has 150 valence electrons. The minimum absolute atomic E-state index is 0.129. The van der Waals surface area contributed by atoms with Crippen molar-refractivity contribution in [2.45, 2.75) is 50.0 Å². The van der Waals surface area contributed by atoms with E-state index in [1.165, 1.54) is 0 Å². The smallest absolute Gasteiger partial charge is 0.243 e. The Labute approximate surface area is 170 Å². The van der Waals surface area contributed by atoms with Gasteiger partial charge in [0.2, 0.25) is 15.9 Å². The number of carbonyl (C=O) groups excluding carboxylic acids is 1. The van der Waals surface area contributed by atoms with Crippen molar-refractivity contribution in [3.63, 3.8) is 0 Å². The Hall–Kier alpha value is -1.77. The highest BCUT2D eigenvalue weighted by atomic mass is 32.2.